The zero-order chi connectivity index (χ0) is 12.4. The quantitative estimate of drug-likeness (QED) is 0.617. The molecule has 2 rings (SSSR count). The van der Waals surface area contributed by atoms with Crippen LogP contribution in [0.4, 0.5) is 5.69 Å². The second-order valence-electron chi connectivity index (χ2n) is 2.98. The maximum Gasteiger partial charge on any atom is 0.311 e. The van der Waals surface area contributed by atoms with E-state index in [-0.39, 0.29) is 22.6 Å². The summed E-state index contributed by atoms with van der Waals surface area (Å²) in [6.45, 7) is 0. The lowest BCUT2D eigenvalue weighted by molar-refractivity contribution is -0.385. The zero-order valence-electron chi connectivity index (χ0n) is 8.58. The summed E-state index contributed by atoms with van der Waals surface area (Å²) in [6.07, 6.45) is 0. The van der Waals surface area contributed by atoms with Crippen molar-refractivity contribution in [1.29, 1.82) is 0 Å². The van der Waals surface area contributed by atoms with Crippen molar-refractivity contribution in [3.63, 3.8) is 0 Å². The van der Waals surface area contributed by atoms with Gasteiger partial charge in [-0.25, -0.2) is 0 Å². The number of nitro benzene ring substituents is 1. The summed E-state index contributed by atoms with van der Waals surface area (Å²) < 4.78 is 9.82. The fraction of sp³-hybridized carbons (Fsp3) is 0.111. The van der Waals surface area contributed by atoms with Crippen molar-refractivity contribution in [3.8, 4) is 17.2 Å². The molecular weight excluding hydrogens is 250 g/mol. The van der Waals surface area contributed by atoms with Crippen LogP contribution in [0.2, 0.25) is 5.28 Å². The van der Waals surface area contributed by atoms with Crippen molar-refractivity contribution >= 4 is 17.3 Å². The fourth-order valence-corrected chi connectivity index (χ4v) is 1.48. The van der Waals surface area contributed by atoms with E-state index in [1.165, 1.54) is 19.2 Å². The number of hydrogen-bond donors (Lipinski definition) is 0. The molecule has 17 heavy (non-hydrogen) atoms. The van der Waals surface area contributed by atoms with Gasteiger partial charge in [0.15, 0.2) is 0 Å². The Hall–Kier alpha value is -2.15. The number of nitrogens with zero attached hydrogens (tertiary/aromatic N) is 3. The number of nitro groups is 1. The fourth-order valence-electron chi connectivity index (χ4n) is 1.37. The summed E-state index contributed by atoms with van der Waals surface area (Å²) in [7, 11) is 1.32. The van der Waals surface area contributed by atoms with Gasteiger partial charge in [-0.3, -0.25) is 10.1 Å². The normalized spacial score (nSPS) is 10.2. The second kappa shape index (κ2) is 4.38. The molecule has 0 aliphatic heterocycles. The van der Waals surface area contributed by atoms with E-state index in [0.29, 0.717) is 5.56 Å². The van der Waals surface area contributed by atoms with Gasteiger partial charge < -0.3 is 9.26 Å². The molecular formula is C9H6ClN3O4. The van der Waals surface area contributed by atoms with Crippen molar-refractivity contribution in [2.75, 3.05) is 7.11 Å². The minimum Gasteiger partial charge on any atom is -0.490 e. The lowest BCUT2D eigenvalue weighted by Gasteiger charge is -2.04. The van der Waals surface area contributed by atoms with Gasteiger partial charge in [0.2, 0.25) is 5.75 Å². The highest BCUT2D eigenvalue weighted by Gasteiger charge is 2.22. The molecule has 0 fully saturated rings. The van der Waals surface area contributed by atoms with E-state index in [9.17, 15) is 10.1 Å². The summed E-state index contributed by atoms with van der Waals surface area (Å²) in [5.41, 5.74) is 0.139. The first kappa shape index (κ1) is 11.3. The summed E-state index contributed by atoms with van der Waals surface area (Å²) in [4.78, 5) is 14.0. The van der Waals surface area contributed by atoms with E-state index in [1.807, 2.05) is 0 Å². The van der Waals surface area contributed by atoms with E-state index in [4.69, 9.17) is 20.9 Å². The molecule has 0 atom stereocenters. The van der Waals surface area contributed by atoms with Crippen molar-refractivity contribution in [2.45, 2.75) is 0 Å². The third kappa shape index (κ3) is 2.04. The van der Waals surface area contributed by atoms with Crippen molar-refractivity contribution in [3.05, 3.63) is 33.6 Å². The van der Waals surface area contributed by atoms with Crippen LogP contribution in [0.1, 0.15) is 0 Å². The first-order chi connectivity index (χ1) is 8.13. The number of methoxy groups -OCH3 is 1. The van der Waals surface area contributed by atoms with Crippen LogP contribution in [0.15, 0.2) is 22.7 Å². The van der Waals surface area contributed by atoms with Gasteiger partial charge in [-0.15, -0.1) is 0 Å². The average molecular weight is 256 g/mol. The zero-order valence-corrected chi connectivity index (χ0v) is 9.34. The molecule has 0 bridgehead atoms. The van der Waals surface area contributed by atoms with Crippen LogP contribution >= 0.6 is 11.6 Å². The van der Waals surface area contributed by atoms with Crippen LogP contribution in [-0.2, 0) is 0 Å². The summed E-state index contributed by atoms with van der Waals surface area (Å²) in [5.74, 6) is 0.119. The maximum atomic E-state index is 10.8. The SMILES string of the molecule is COc1c(-c2nc(Cl)no2)cccc1[N+](=O)[O-]. The predicted octanol–water partition coefficient (Wildman–Crippen LogP) is 2.31. The van der Waals surface area contributed by atoms with Gasteiger partial charge in [0.25, 0.3) is 11.2 Å². The minimum absolute atomic E-state index is 0.0535. The number of para-hydroxylation sites is 1. The second-order valence-corrected chi connectivity index (χ2v) is 3.32. The number of aromatic nitrogens is 2. The molecule has 1 aromatic carbocycles. The highest BCUT2D eigenvalue weighted by atomic mass is 35.5. The van der Waals surface area contributed by atoms with Gasteiger partial charge in [-0.1, -0.05) is 6.07 Å². The summed E-state index contributed by atoms with van der Waals surface area (Å²) in [5, 5.41) is 14.1. The molecule has 0 radical (unpaired) electrons. The van der Waals surface area contributed by atoms with Crippen molar-refractivity contribution < 1.29 is 14.2 Å². The third-order valence-corrected chi connectivity index (χ3v) is 2.18. The van der Waals surface area contributed by atoms with Crippen LogP contribution in [0.25, 0.3) is 11.5 Å². The lowest BCUT2D eigenvalue weighted by atomic mass is 10.1. The smallest absolute Gasteiger partial charge is 0.311 e. The van der Waals surface area contributed by atoms with E-state index in [0.717, 1.165) is 0 Å². The average Bonchev–Trinajstić information content (AvgIpc) is 2.74. The minimum atomic E-state index is -0.555. The Morgan fingerprint density at radius 3 is 2.82 bits per heavy atom. The van der Waals surface area contributed by atoms with E-state index >= 15 is 0 Å². The van der Waals surface area contributed by atoms with Crippen molar-refractivity contribution in [1.82, 2.24) is 10.1 Å². The Morgan fingerprint density at radius 1 is 1.53 bits per heavy atom. The van der Waals surface area contributed by atoms with Gasteiger partial charge in [-0.2, -0.15) is 4.98 Å². The van der Waals surface area contributed by atoms with Crippen LogP contribution < -0.4 is 4.74 Å². The van der Waals surface area contributed by atoms with E-state index in [1.54, 1.807) is 6.07 Å². The molecule has 0 N–H and O–H groups in total. The topological polar surface area (TPSA) is 91.3 Å². The number of rotatable bonds is 3. The molecule has 0 saturated heterocycles. The Balaban J connectivity index is 2.61. The number of hydrogen-bond acceptors (Lipinski definition) is 6. The maximum absolute atomic E-state index is 10.8. The molecule has 1 heterocycles. The van der Waals surface area contributed by atoms with Crippen LogP contribution in [0, 0.1) is 10.1 Å². The Kier molecular flexibility index (Phi) is 2.92. The summed E-state index contributed by atoms with van der Waals surface area (Å²) >= 11 is 5.52. The van der Waals surface area contributed by atoms with Gasteiger partial charge in [-0.05, 0) is 22.8 Å². The molecule has 7 nitrogen and oxygen atoms in total. The third-order valence-electron chi connectivity index (χ3n) is 2.03. The van der Waals surface area contributed by atoms with Crippen LogP contribution in [0.3, 0.4) is 0 Å². The number of ether oxygens (including phenoxy) is 1. The largest absolute Gasteiger partial charge is 0.490 e. The van der Waals surface area contributed by atoms with Gasteiger partial charge in [0.05, 0.1) is 17.6 Å². The molecule has 2 aromatic rings. The van der Waals surface area contributed by atoms with Gasteiger partial charge >= 0.3 is 5.69 Å². The monoisotopic (exact) mass is 255 g/mol. The number of halogens is 1. The van der Waals surface area contributed by atoms with Gasteiger partial charge in [0, 0.05) is 6.07 Å². The summed E-state index contributed by atoms with van der Waals surface area (Å²) in [6, 6.07) is 4.38. The predicted molar refractivity (Wildman–Crippen MR) is 58.0 cm³/mol. The van der Waals surface area contributed by atoms with E-state index < -0.39 is 4.92 Å². The van der Waals surface area contributed by atoms with Crippen LogP contribution in [0.5, 0.6) is 5.75 Å². The molecule has 0 unspecified atom stereocenters. The molecule has 0 aliphatic carbocycles. The molecule has 0 aliphatic rings. The van der Waals surface area contributed by atoms with Crippen LogP contribution in [-0.4, -0.2) is 22.2 Å². The molecule has 0 saturated carbocycles. The van der Waals surface area contributed by atoms with Crippen molar-refractivity contribution in [2.24, 2.45) is 0 Å². The molecule has 1 aromatic heterocycles. The first-order valence-electron chi connectivity index (χ1n) is 4.44. The molecule has 0 spiro atoms. The standard InChI is InChI=1S/C9H6ClN3O4/c1-16-7-5(8-11-9(10)12-17-8)3-2-4-6(7)13(14)15/h2-4H,1H3. The highest BCUT2D eigenvalue weighted by molar-refractivity contribution is 6.28. The first-order valence-corrected chi connectivity index (χ1v) is 4.82. The Morgan fingerprint density at radius 2 is 2.29 bits per heavy atom. The number of benzene rings is 1. The molecule has 88 valence electrons. The molecule has 0 amide bonds. The van der Waals surface area contributed by atoms with Gasteiger partial charge in [0.1, 0.15) is 0 Å². The lowest BCUT2D eigenvalue weighted by Crippen LogP contribution is -1.95. The van der Waals surface area contributed by atoms with E-state index in [2.05, 4.69) is 10.1 Å². The molecule has 8 heteroatoms. The highest BCUT2D eigenvalue weighted by Crippen LogP contribution is 2.36. The Labute approximate surface area is 100 Å². The Bertz CT molecular complexity index is 569.